The number of hydrogen-bond acceptors (Lipinski definition) is 5. The van der Waals surface area contributed by atoms with Gasteiger partial charge >= 0.3 is 5.97 Å². The number of benzene rings is 1. The quantitative estimate of drug-likeness (QED) is 0.532. The second kappa shape index (κ2) is 9.93. The van der Waals surface area contributed by atoms with Crippen molar-refractivity contribution in [2.24, 2.45) is 0 Å². The molecule has 1 aromatic rings. The van der Waals surface area contributed by atoms with Crippen LogP contribution in [-0.2, 0) is 20.9 Å². The van der Waals surface area contributed by atoms with Crippen LogP contribution in [0.3, 0.4) is 0 Å². The van der Waals surface area contributed by atoms with Crippen LogP contribution in [0.5, 0.6) is 5.75 Å². The van der Waals surface area contributed by atoms with Crippen LogP contribution in [0.25, 0.3) is 0 Å². The first-order chi connectivity index (χ1) is 11.7. The van der Waals surface area contributed by atoms with E-state index in [1.54, 1.807) is 0 Å². The number of ether oxygens (including phenoxy) is 2. The molecule has 2 rings (SSSR count). The predicted octanol–water partition coefficient (Wildman–Crippen LogP) is 1.78. The SMILES string of the molecule is COC(=O)CCCOc1ccc(CNC(=O)CC2CCCN2)cc1. The average molecular weight is 334 g/mol. The Balaban J connectivity index is 1.64. The Labute approximate surface area is 142 Å². The third kappa shape index (κ3) is 6.58. The summed E-state index contributed by atoms with van der Waals surface area (Å²) in [5, 5.41) is 6.27. The fourth-order valence-corrected chi connectivity index (χ4v) is 2.64. The molecule has 0 aliphatic carbocycles. The summed E-state index contributed by atoms with van der Waals surface area (Å²) in [4.78, 5) is 22.9. The van der Waals surface area contributed by atoms with E-state index in [4.69, 9.17) is 4.74 Å². The molecule has 1 atom stereocenters. The van der Waals surface area contributed by atoms with Gasteiger partial charge in [0.15, 0.2) is 0 Å². The average Bonchev–Trinajstić information content (AvgIpc) is 3.10. The maximum atomic E-state index is 11.9. The smallest absolute Gasteiger partial charge is 0.305 e. The molecule has 1 saturated heterocycles. The molecule has 1 aliphatic heterocycles. The molecule has 1 heterocycles. The van der Waals surface area contributed by atoms with Crippen LogP contribution in [0.15, 0.2) is 24.3 Å². The number of carbonyl (C=O) groups excluding carboxylic acids is 2. The normalized spacial score (nSPS) is 16.6. The van der Waals surface area contributed by atoms with Gasteiger partial charge in [0.05, 0.1) is 13.7 Å². The zero-order valence-corrected chi connectivity index (χ0v) is 14.2. The van der Waals surface area contributed by atoms with E-state index in [0.717, 1.165) is 30.7 Å². The van der Waals surface area contributed by atoms with E-state index in [-0.39, 0.29) is 11.9 Å². The maximum Gasteiger partial charge on any atom is 0.305 e. The van der Waals surface area contributed by atoms with Crippen LogP contribution < -0.4 is 15.4 Å². The number of nitrogens with one attached hydrogen (secondary N) is 2. The standard InChI is InChI=1S/C18H26N2O4/c1-23-18(22)5-3-11-24-16-8-6-14(7-9-16)13-20-17(21)12-15-4-2-10-19-15/h6-9,15,19H,2-5,10-13H2,1H3,(H,20,21). The van der Waals surface area contributed by atoms with Gasteiger partial charge in [0.2, 0.25) is 5.91 Å². The van der Waals surface area contributed by atoms with Crippen molar-refractivity contribution in [3.63, 3.8) is 0 Å². The molecule has 0 saturated carbocycles. The summed E-state index contributed by atoms with van der Waals surface area (Å²) in [5.74, 6) is 0.611. The molecule has 1 amide bonds. The monoisotopic (exact) mass is 334 g/mol. The van der Waals surface area contributed by atoms with Crippen LogP contribution in [0.2, 0.25) is 0 Å². The van der Waals surface area contributed by atoms with Gasteiger partial charge in [-0.15, -0.1) is 0 Å². The lowest BCUT2D eigenvalue weighted by atomic mass is 10.1. The Bertz CT molecular complexity index is 524. The van der Waals surface area contributed by atoms with E-state index in [1.165, 1.54) is 7.11 Å². The largest absolute Gasteiger partial charge is 0.494 e. The minimum Gasteiger partial charge on any atom is -0.494 e. The van der Waals surface area contributed by atoms with E-state index in [9.17, 15) is 9.59 Å². The van der Waals surface area contributed by atoms with Crippen molar-refractivity contribution < 1.29 is 19.1 Å². The van der Waals surface area contributed by atoms with Crippen molar-refractivity contribution in [1.82, 2.24) is 10.6 Å². The molecular formula is C18H26N2O4. The van der Waals surface area contributed by atoms with Crippen LogP contribution in [0.1, 0.15) is 37.7 Å². The summed E-state index contributed by atoms with van der Waals surface area (Å²) in [6.45, 7) is 2.01. The molecule has 0 radical (unpaired) electrons. The zero-order valence-electron chi connectivity index (χ0n) is 14.2. The van der Waals surface area contributed by atoms with Gasteiger partial charge in [-0.25, -0.2) is 0 Å². The number of methoxy groups -OCH3 is 1. The number of rotatable bonds is 9. The number of amides is 1. The minimum absolute atomic E-state index is 0.0811. The minimum atomic E-state index is -0.225. The number of hydrogen-bond donors (Lipinski definition) is 2. The second-order valence-corrected chi connectivity index (χ2v) is 5.95. The third-order valence-corrected chi connectivity index (χ3v) is 4.03. The van der Waals surface area contributed by atoms with Crippen molar-refractivity contribution >= 4 is 11.9 Å². The Morgan fingerprint density at radius 3 is 2.75 bits per heavy atom. The molecule has 0 spiro atoms. The lowest BCUT2D eigenvalue weighted by Crippen LogP contribution is -2.31. The van der Waals surface area contributed by atoms with Crippen LogP contribution >= 0.6 is 0 Å². The van der Waals surface area contributed by atoms with Crippen LogP contribution in [0, 0.1) is 0 Å². The molecule has 132 valence electrons. The lowest BCUT2D eigenvalue weighted by Gasteiger charge is -2.11. The molecule has 1 aromatic carbocycles. The van der Waals surface area contributed by atoms with Gasteiger partial charge in [0, 0.05) is 25.4 Å². The van der Waals surface area contributed by atoms with Crippen molar-refractivity contribution in [3.8, 4) is 5.75 Å². The number of esters is 1. The summed E-state index contributed by atoms with van der Waals surface area (Å²) in [7, 11) is 1.38. The predicted molar refractivity (Wildman–Crippen MR) is 90.7 cm³/mol. The highest BCUT2D eigenvalue weighted by Crippen LogP contribution is 2.13. The Morgan fingerprint density at radius 2 is 2.08 bits per heavy atom. The molecule has 2 N–H and O–H groups in total. The fourth-order valence-electron chi connectivity index (χ4n) is 2.64. The third-order valence-electron chi connectivity index (χ3n) is 4.03. The summed E-state index contributed by atoms with van der Waals surface area (Å²) >= 11 is 0. The molecule has 0 aromatic heterocycles. The Kier molecular flexibility index (Phi) is 7.55. The van der Waals surface area contributed by atoms with Crippen molar-refractivity contribution in [2.75, 3.05) is 20.3 Å². The van der Waals surface area contributed by atoms with Gasteiger partial charge in [-0.3, -0.25) is 9.59 Å². The molecule has 1 unspecified atom stereocenters. The molecular weight excluding hydrogens is 308 g/mol. The Morgan fingerprint density at radius 1 is 1.29 bits per heavy atom. The first-order valence-corrected chi connectivity index (χ1v) is 8.46. The van der Waals surface area contributed by atoms with Gasteiger partial charge in [0.1, 0.15) is 5.75 Å². The van der Waals surface area contributed by atoms with Gasteiger partial charge in [-0.1, -0.05) is 12.1 Å². The van der Waals surface area contributed by atoms with E-state index in [1.807, 2.05) is 24.3 Å². The highest BCUT2D eigenvalue weighted by Gasteiger charge is 2.17. The van der Waals surface area contributed by atoms with E-state index < -0.39 is 0 Å². The first kappa shape index (κ1) is 18.3. The molecule has 1 aliphatic rings. The fraction of sp³-hybridized carbons (Fsp3) is 0.556. The second-order valence-electron chi connectivity index (χ2n) is 5.95. The van der Waals surface area contributed by atoms with Gasteiger partial charge in [-0.05, 0) is 43.5 Å². The summed E-state index contributed by atoms with van der Waals surface area (Å²) in [6.07, 6.45) is 3.76. The molecule has 24 heavy (non-hydrogen) atoms. The van der Waals surface area contributed by atoms with Crippen LogP contribution in [-0.4, -0.2) is 38.2 Å². The van der Waals surface area contributed by atoms with Crippen molar-refractivity contribution in [2.45, 2.75) is 44.7 Å². The van der Waals surface area contributed by atoms with E-state index in [2.05, 4.69) is 15.4 Å². The van der Waals surface area contributed by atoms with Crippen molar-refractivity contribution in [3.05, 3.63) is 29.8 Å². The molecule has 1 fully saturated rings. The van der Waals surface area contributed by atoms with Crippen LogP contribution in [0.4, 0.5) is 0 Å². The summed E-state index contributed by atoms with van der Waals surface area (Å²) in [5.41, 5.74) is 1.03. The first-order valence-electron chi connectivity index (χ1n) is 8.46. The van der Waals surface area contributed by atoms with E-state index >= 15 is 0 Å². The maximum absolute atomic E-state index is 11.9. The van der Waals surface area contributed by atoms with Gasteiger partial charge in [0.25, 0.3) is 0 Å². The topological polar surface area (TPSA) is 76.7 Å². The van der Waals surface area contributed by atoms with Gasteiger partial charge < -0.3 is 20.1 Å². The molecule has 0 bridgehead atoms. The number of carbonyl (C=O) groups is 2. The highest BCUT2D eigenvalue weighted by molar-refractivity contribution is 5.76. The lowest BCUT2D eigenvalue weighted by molar-refractivity contribution is -0.140. The van der Waals surface area contributed by atoms with Crippen molar-refractivity contribution in [1.29, 1.82) is 0 Å². The van der Waals surface area contributed by atoms with E-state index in [0.29, 0.717) is 38.5 Å². The summed E-state index contributed by atoms with van der Waals surface area (Å²) in [6, 6.07) is 7.94. The Hall–Kier alpha value is -2.08. The summed E-state index contributed by atoms with van der Waals surface area (Å²) < 4.78 is 10.1. The van der Waals surface area contributed by atoms with Gasteiger partial charge in [-0.2, -0.15) is 0 Å². The molecule has 6 nitrogen and oxygen atoms in total. The zero-order chi connectivity index (χ0) is 17.2. The molecule has 6 heteroatoms. The highest BCUT2D eigenvalue weighted by atomic mass is 16.5.